The van der Waals surface area contributed by atoms with Crippen molar-refractivity contribution in [2.45, 2.75) is 50.8 Å². The number of carbonyl (C=O) groups excluding carboxylic acids is 2. The second-order valence-electron chi connectivity index (χ2n) is 7.90. The number of benzene rings is 2. The van der Waals surface area contributed by atoms with Gasteiger partial charge in [0.05, 0.1) is 5.75 Å². The summed E-state index contributed by atoms with van der Waals surface area (Å²) in [6.07, 6.45) is 6.44. The normalized spacial score (nSPS) is 20.1. The monoisotopic (exact) mass is 408 g/mol. The summed E-state index contributed by atoms with van der Waals surface area (Å²) in [7, 11) is 0. The van der Waals surface area contributed by atoms with Gasteiger partial charge in [-0.2, -0.15) is 0 Å². The van der Waals surface area contributed by atoms with E-state index in [2.05, 4.69) is 24.4 Å². The van der Waals surface area contributed by atoms with E-state index in [1.54, 1.807) is 11.8 Å². The molecule has 2 aromatic rings. The van der Waals surface area contributed by atoms with Crippen molar-refractivity contribution in [2.24, 2.45) is 5.92 Å². The van der Waals surface area contributed by atoms with Crippen LogP contribution in [0.1, 0.15) is 55.5 Å². The second kappa shape index (κ2) is 9.04. The Balaban J connectivity index is 1.54. The van der Waals surface area contributed by atoms with Gasteiger partial charge < -0.3 is 5.32 Å². The molecule has 0 spiro atoms. The molecule has 2 aromatic carbocycles. The third kappa shape index (κ3) is 4.50. The first kappa shape index (κ1) is 20.0. The molecule has 152 valence electrons. The third-order valence-electron chi connectivity index (χ3n) is 5.88. The van der Waals surface area contributed by atoms with E-state index in [1.165, 1.54) is 12.0 Å². The van der Waals surface area contributed by atoms with Crippen molar-refractivity contribution in [2.75, 3.05) is 16.0 Å². The van der Waals surface area contributed by atoms with E-state index in [4.69, 9.17) is 0 Å². The fourth-order valence-electron chi connectivity index (χ4n) is 4.26. The number of nitrogens with zero attached hydrogens (tertiary/aromatic N) is 1. The largest absolute Gasteiger partial charge is 0.326 e. The predicted molar refractivity (Wildman–Crippen MR) is 120 cm³/mol. The lowest BCUT2D eigenvalue weighted by atomic mass is 9.88. The molecule has 5 heteroatoms. The number of rotatable bonds is 5. The van der Waals surface area contributed by atoms with Crippen LogP contribution in [0.25, 0.3) is 0 Å². The van der Waals surface area contributed by atoms with Crippen molar-refractivity contribution in [1.82, 2.24) is 0 Å². The average Bonchev–Trinajstić information content (AvgIpc) is 3.16. The number of aryl methyl sites for hydroxylation is 1. The molecule has 0 unspecified atom stereocenters. The molecule has 0 aromatic heterocycles. The van der Waals surface area contributed by atoms with Crippen molar-refractivity contribution in [1.29, 1.82) is 0 Å². The number of amides is 2. The van der Waals surface area contributed by atoms with Crippen LogP contribution in [0.2, 0.25) is 0 Å². The molecule has 1 atom stereocenters. The summed E-state index contributed by atoms with van der Waals surface area (Å²) in [5.41, 5.74) is 4.03. The number of nitrogens with one attached hydrogen (secondary N) is 1. The minimum atomic E-state index is -0.0684. The van der Waals surface area contributed by atoms with Crippen LogP contribution >= 0.6 is 11.8 Å². The van der Waals surface area contributed by atoms with Gasteiger partial charge in [-0.25, -0.2) is 0 Å². The predicted octanol–water partition coefficient (Wildman–Crippen LogP) is 5.55. The Labute approximate surface area is 177 Å². The molecule has 2 fully saturated rings. The SMILES string of the molecule is CCc1cccc(N2C(=O)CS[C@H]2c2cccc(NC(=O)C3CCCCC3)c2)c1. The maximum Gasteiger partial charge on any atom is 0.238 e. The van der Waals surface area contributed by atoms with E-state index in [0.29, 0.717) is 5.75 Å². The third-order valence-corrected chi connectivity index (χ3v) is 7.09. The molecule has 1 heterocycles. The number of anilines is 2. The van der Waals surface area contributed by atoms with Crippen LogP contribution in [0, 0.1) is 5.92 Å². The van der Waals surface area contributed by atoms with E-state index >= 15 is 0 Å². The maximum absolute atomic E-state index is 12.7. The Kier molecular flexibility index (Phi) is 6.24. The zero-order valence-electron chi connectivity index (χ0n) is 16.9. The molecule has 0 bridgehead atoms. The van der Waals surface area contributed by atoms with E-state index in [-0.39, 0.29) is 23.1 Å². The molecule has 1 aliphatic heterocycles. The van der Waals surface area contributed by atoms with Crippen molar-refractivity contribution in [3.05, 3.63) is 59.7 Å². The minimum Gasteiger partial charge on any atom is -0.326 e. The summed E-state index contributed by atoms with van der Waals surface area (Å²) in [5.74, 6) is 0.859. The van der Waals surface area contributed by atoms with E-state index < -0.39 is 0 Å². The first-order chi connectivity index (χ1) is 14.2. The highest BCUT2D eigenvalue weighted by Gasteiger charge is 2.34. The van der Waals surface area contributed by atoms with Gasteiger partial charge in [0.1, 0.15) is 5.37 Å². The lowest BCUT2D eigenvalue weighted by molar-refractivity contribution is -0.120. The highest BCUT2D eigenvalue weighted by molar-refractivity contribution is 8.00. The summed E-state index contributed by atoms with van der Waals surface area (Å²) in [4.78, 5) is 27.2. The molecule has 2 aliphatic rings. The standard InChI is InChI=1S/C24H28N2O2S/c1-2-17-8-6-13-21(14-17)26-22(27)16-29-24(26)19-11-7-12-20(15-19)25-23(28)18-9-4-3-5-10-18/h6-8,11-15,18,24H,2-5,9-10,16H2,1H3,(H,25,28)/t24-/m0/s1. The summed E-state index contributed by atoms with van der Waals surface area (Å²) in [6, 6.07) is 16.2. The van der Waals surface area contributed by atoms with Crippen LogP contribution in [-0.4, -0.2) is 17.6 Å². The van der Waals surface area contributed by atoms with Gasteiger partial charge in [0, 0.05) is 17.3 Å². The smallest absolute Gasteiger partial charge is 0.238 e. The Morgan fingerprint density at radius 3 is 2.69 bits per heavy atom. The van der Waals surface area contributed by atoms with Gasteiger partial charge in [0.15, 0.2) is 0 Å². The Hall–Kier alpha value is -2.27. The summed E-state index contributed by atoms with van der Waals surface area (Å²) < 4.78 is 0. The van der Waals surface area contributed by atoms with Crippen molar-refractivity contribution in [3.63, 3.8) is 0 Å². The van der Waals surface area contributed by atoms with Gasteiger partial charge >= 0.3 is 0 Å². The fourth-order valence-corrected chi connectivity index (χ4v) is 5.42. The van der Waals surface area contributed by atoms with Crippen LogP contribution in [0.3, 0.4) is 0 Å². The molecule has 4 nitrogen and oxygen atoms in total. The highest BCUT2D eigenvalue weighted by atomic mass is 32.2. The Morgan fingerprint density at radius 1 is 1.10 bits per heavy atom. The number of hydrogen-bond donors (Lipinski definition) is 1. The van der Waals surface area contributed by atoms with E-state index in [9.17, 15) is 9.59 Å². The van der Waals surface area contributed by atoms with Crippen LogP contribution in [0.15, 0.2) is 48.5 Å². The first-order valence-corrected chi connectivity index (χ1v) is 11.6. The number of carbonyl (C=O) groups is 2. The molecule has 0 radical (unpaired) electrons. The fraction of sp³-hybridized carbons (Fsp3) is 0.417. The molecule has 29 heavy (non-hydrogen) atoms. The molecule has 1 N–H and O–H groups in total. The summed E-state index contributed by atoms with van der Waals surface area (Å²) in [6.45, 7) is 2.12. The summed E-state index contributed by atoms with van der Waals surface area (Å²) in [5, 5.41) is 3.04. The highest BCUT2D eigenvalue weighted by Crippen LogP contribution is 2.42. The molecule has 1 aliphatic carbocycles. The van der Waals surface area contributed by atoms with Gasteiger partial charge in [0.2, 0.25) is 11.8 Å². The number of hydrogen-bond acceptors (Lipinski definition) is 3. The molecule has 1 saturated heterocycles. The Morgan fingerprint density at radius 2 is 1.90 bits per heavy atom. The summed E-state index contributed by atoms with van der Waals surface area (Å²) >= 11 is 1.64. The molecular formula is C24H28N2O2S. The van der Waals surface area contributed by atoms with Gasteiger partial charge in [-0.05, 0) is 54.7 Å². The van der Waals surface area contributed by atoms with Gasteiger partial charge in [-0.15, -0.1) is 11.8 Å². The van der Waals surface area contributed by atoms with E-state index in [1.807, 2.05) is 41.3 Å². The quantitative estimate of drug-likeness (QED) is 0.706. The van der Waals surface area contributed by atoms with Crippen molar-refractivity contribution in [3.8, 4) is 0 Å². The topological polar surface area (TPSA) is 49.4 Å². The van der Waals surface area contributed by atoms with Gasteiger partial charge in [0.25, 0.3) is 0 Å². The van der Waals surface area contributed by atoms with Crippen molar-refractivity contribution >= 4 is 35.0 Å². The zero-order chi connectivity index (χ0) is 20.2. The van der Waals surface area contributed by atoms with Gasteiger partial charge in [-0.3, -0.25) is 14.5 Å². The average molecular weight is 409 g/mol. The van der Waals surface area contributed by atoms with Crippen LogP contribution < -0.4 is 10.2 Å². The Bertz CT molecular complexity index is 892. The van der Waals surface area contributed by atoms with Crippen LogP contribution in [0.4, 0.5) is 11.4 Å². The molecular weight excluding hydrogens is 380 g/mol. The molecule has 2 amide bonds. The van der Waals surface area contributed by atoms with Crippen LogP contribution in [0.5, 0.6) is 0 Å². The lowest BCUT2D eigenvalue weighted by Crippen LogP contribution is -2.28. The van der Waals surface area contributed by atoms with E-state index in [0.717, 1.165) is 49.0 Å². The van der Waals surface area contributed by atoms with Crippen molar-refractivity contribution < 1.29 is 9.59 Å². The maximum atomic E-state index is 12.7. The first-order valence-electron chi connectivity index (χ1n) is 10.6. The molecule has 4 rings (SSSR count). The minimum absolute atomic E-state index is 0.0684. The number of thioether (sulfide) groups is 1. The molecule has 1 saturated carbocycles. The zero-order valence-corrected chi connectivity index (χ0v) is 17.7. The van der Waals surface area contributed by atoms with Crippen LogP contribution in [-0.2, 0) is 16.0 Å². The van der Waals surface area contributed by atoms with Gasteiger partial charge in [-0.1, -0.05) is 50.5 Å². The second-order valence-corrected chi connectivity index (χ2v) is 8.97. The lowest BCUT2D eigenvalue weighted by Gasteiger charge is -2.25.